The average Bonchev–Trinajstić information content (AvgIpc) is 2.98. The molecule has 0 amide bonds. The second-order valence-electron chi connectivity index (χ2n) is 11.2. The lowest BCUT2D eigenvalue weighted by molar-refractivity contribution is -0.171. The zero-order valence-corrected chi connectivity index (χ0v) is 27.4. The maximum Gasteiger partial charge on any atom is 0.474 e. The minimum absolute atomic E-state index is 0.0900. The van der Waals surface area contributed by atoms with Crippen molar-refractivity contribution in [3.8, 4) is 0 Å². The van der Waals surface area contributed by atoms with Crippen LogP contribution in [-0.4, -0.2) is 77.2 Å². The first-order valence-electron chi connectivity index (χ1n) is 15.9. The highest BCUT2D eigenvalue weighted by Crippen LogP contribution is 2.51. The van der Waals surface area contributed by atoms with Crippen molar-refractivity contribution >= 4 is 13.8 Å². The lowest BCUT2D eigenvalue weighted by Crippen LogP contribution is -2.49. The van der Waals surface area contributed by atoms with Gasteiger partial charge in [0.15, 0.2) is 6.10 Å². The molecule has 0 saturated carbocycles. The van der Waals surface area contributed by atoms with Crippen molar-refractivity contribution in [2.24, 2.45) is 17.8 Å². The molecule has 10 nitrogen and oxygen atoms in total. The molecule has 4 N–H and O–H groups in total. The molecular formula is C30H61O10P. The quantitative estimate of drug-likeness (QED) is 0.0663. The van der Waals surface area contributed by atoms with Crippen LogP contribution in [0, 0.1) is 17.8 Å². The standard InChI is InChI=1S/C30H61O10P/c1-7-13-16-23(10-4)19-37-30(35)29(34)28(33)27(32)26(31)22-40-41(36,38-20-24(11-5)17-14-8-2)39-21-25(12-6)18-15-9-3/h23-29,31-34H,7-22H2,1-6H3/t23?,24?,25?,26-,27-,28+,29-,41?/m1/s1. The SMILES string of the molecule is CCCCC(CC)COC(=O)[C@H](O)[C@@H](O)[C@H](O)[C@H](O)COP(=O)(OCC(CC)CCCC)OCC(CC)CCCC. The van der Waals surface area contributed by atoms with Gasteiger partial charge in [-0.25, -0.2) is 9.36 Å². The highest BCUT2D eigenvalue weighted by molar-refractivity contribution is 7.48. The Labute approximate surface area is 249 Å². The van der Waals surface area contributed by atoms with Gasteiger partial charge in [-0.1, -0.05) is 99.3 Å². The number of aliphatic hydroxyl groups excluding tert-OH is 4. The van der Waals surface area contributed by atoms with Crippen molar-refractivity contribution in [1.29, 1.82) is 0 Å². The molecule has 0 aliphatic heterocycles. The van der Waals surface area contributed by atoms with E-state index in [1.54, 1.807) is 0 Å². The van der Waals surface area contributed by atoms with Crippen molar-refractivity contribution < 1.29 is 48.1 Å². The van der Waals surface area contributed by atoms with E-state index in [4.69, 9.17) is 18.3 Å². The lowest BCUT2D eigenvalue weighted by atomic mass is 10.0. The molecular weight excluding hydrogens is 551 g/mol. The first-order chi connectivity index (χ1) is 19.5. The summed E-state index contributed by atoms with van der Waals surface area (Å²) in [5.74, 6) is -0.646. The number of aliphatic hydroxyl groups is 4. The van der Waals surface area contributed by atoms with Gasteiger partial charge in [0.25, 0.3) is 0 Å². The van der Waals surface area contributed by atoms with Crippen LogP contribution in [0.25, 0.3) is 0 Å². The molecule has 0 rings (SSSR count). The Hall–Kier alpha value is -0.580. The molecule has 0 fully saturated rings. The maximum atomic E-state index is 13.5. The van der Waals surface area contributed by atoms with E-state index in [0.717, 1.165) is 77.0 Å². The predicted molar refractivity (Wildman–Crippen MR) is 160 cm³/mol. The Bertz CT molecular complexity index is 670. The van der Waals surface area contributed by atoms with Gasteiger partial charge in [-0.15, -0.1) is 0 Å². The van der Waals surface area contributed by atoms with Gasteiger partial charge in [-0.2, -0.15) is 0 Å². The number of phosphoric ester groups is 1. The van der Waals surface area contributed by atoms with Crippen LogP contribution in [0.1, 0.15) is 119 Å². The number of rotatable bonds is 27. The second kappa shape index (κ2) is 23.8. The zero-order chi connectivity index (χ0) is 31.3. The molecule has 0 radical (unpaired) electrons. The van der Waals surface area contributed by atoms with E-state index in [9.17, 15) is 29.8 Å². The summed E-state index contributed by atoms with van der Waals surface area (Å²) in [7, 11) is -4.13. The molecule has 0 aromatic carbocycles. The first-order valence-corrected chi connectivity index (χ1v) is 17.4. The molecule has 0 aromatic rings. The van der Waals surface area contributed by atoms with Gasteiger partial charge in [0, 0.05) is 0 Å². The normalized spacial score (nSPS) is 18.6. The van der Waals surface area contributed by atoms with E-state index >= 15 is 0 Å². The molecule has 0 aliphatic rings. The summed E-state index contributed by atoms with van der Waals surface area (Å²) < 4.78 is 35.5. The second-order valence-corrected chi connectivity index (χ2v) is 12.9. The Morgan fingerprint density at radius 2 is 1.00 bits per heavy atom. The summed E-state index contributed by atoms with van der Waals surface area (Å²) in [6.45, 7) is 12.0. The molecule has 41 heavy (non-hydrogen) atoms. The van der Waals surface area contributed by atoms with Gasteiger partial charge < -0.3 is 25.2 Å². The molecule has 0 heterocycles. The summed E-state index contributed by atoms with van der Waals surface area (Å²) in [4.78, 5) is 12.3. The third-order valence-corrected chi connectivity index (χ3v) is 9.14. The third kappa shape index (κ3) is 17.3. The molecule has 11 heteroatoms. The Balaban J connectivity index is 5.22. The number of unbranched alkanes of at least 4 members (excludes halogenated alkanes) is 3. The lowest BCUT2D eigenvalue weighted by Gasteiger charge is -2.28. The smallest absolute Gasteiger partial charge is 0.463 e. The minimum atomic E-state index is -4.13. The molecule has 7 atom stereocenters. The number of carbonyl (C=O) groups is 1. The fourth-order valence-corrected chi connectivity index (χ4v) is 5.65. The van der Waals surface area contributed by atoms with Crippen LogP contribution in [0.5, 0.6) is 0 Å². The van der Waals surface area contributed by atoms with Crippen molar-refractivity contribution in [1.82, 2.24) is 0 Å². The number of ether oxygens (including phenoxy) is 1. The van der Waals surface area contributed by atoms with Crippen molar-refractivity contribution in [2.45, 2.75) is 143 Å². The minimum Gasteiger partial charge on any atom is -0.463 e. The topological polar surface area (TPSA) is 152 Å². The average molecular weight is 613 g/mol. The maximum absolute atomic E-state index is 13.5. The number of esters is 1. The van der Waals surface area contributed by atoms with E-state index in [1.807, 2.05) is 20.8 Å². The summed E-state index contributed by atoms with van der Waals surface area (Å²) in [6.07, 6.45) is 3.31. The van der Waals surface area contributed by atoms with Gasteiger partial charge in [0.05, 0.1) is 26.4 Å². The van der Waals surface area contributed by atoms with Crippen LogP contribution in [-0.2, 0) is 27.7 Å². The van der Waals surface area contributed by atoms with Gasteiger partial charge in [0.2, 0.25) is 0 Å². The largest absolute Gasteiger partial charge is 0.474 e. The first kappa shape index (κ1) is 40.4. The predicted octanol–water partition coefficient (Wildman–Crippen LogP) is 5.78. The summed E-state index contributed by atoms with van der Waals surface area (Å²) in [5, 5.41) is 41.5. The number of hydrogen-bond acceptors (Lipinski definition) is 10. The molecule has 0 spiro atoms. The fourth-order valence-electron chi connectivity index (χ4n) is 4.30. The molecule has 0 bridgehead atoms. The Morgan fingerprint density at radius 1 is 0.610 bits per heavy atom. The van der Waals surface area contributed by atoms with E-state index in [0.29, 0.717) is 0 Å². The van der Waals surface area contributed by atoms with Crippen LogP contribution in [0.2, 0.25) is 0 Å². The Kier molecular flexibility index (Phi) is 23.5. The zero-order valence-electron chi connectivity index (χ0n) is 26.5. The van der Waals surface area contributed by atoms with Crippen molar-refractivity contribution in [3.63, 3.8) is 0 Å². The van der Waals surface area contributed by atoms with E-state index < -0.39 is 44.8 Å². The molecule has 0 aliphatic carbocycles. The van der Waals surface area contributed by atoms with Crippen molar-refractivity contribution in [2.75, 3.05) is 26.4 Å². The third-order valence-electron chi connectivity index (χ3n) is 7.74. The number of hydrogen-bond donors (Lipinski definition) is 4. The number of phosphoric acid groups is 1. The molecule has 246 valence electrons. The summed E-state index contributed by atoms with van der Waals surface area (Å²) in [6, 6.07) is 0. The van der Waals surface area contributed by atoms with Gasteiger partial charge >= 0.3 is 13.8 Å². The molecule has 3 unspecified atom stereocenters. The fraction of sp³-hybridized carbons (Fsp3) is 0.967. The molecule has 0 aromatic heterocycles. The van der Waals surface area contributed by atoms with E-state index in [1.165, 1.54) is 0 Å². The Morgan fingerprint density at radius 3 is 1.39 bits per heavy atom. The van der Waals surface area contributed by atoms with E-state index in [-0.39, 0.29) is 37.6 Å². The van der Waals surface area contributed by atoms with Crippen LogP contribution in [0.15, 0.2) is 0 Å². The van der Waals surface area contributed by atoms with E-state index in [2.05, 4.69) is 20.8 Å². The summed E-state index contributed by atoms with van der Waals surface area (Å²) >= 11 is 0. The molecule has 0 saturated heterocycles. The summed E-state index contributed by atoms with van der Waals surface area (Å²) in [5.41, 5.74) is 0. The van der Waals surface area contributed by atoms with Crippen LogP contribution < -0.4 is 0 Å². The van der Waals surface area contributed by atoms with Gasteiger partial charge in [-0.3, -0.25) is 13.6 Å². The number of carbonyl (C=O) groups excluding carboxylic acids is 1. The highest BCUT2D eigenvalue weighted by atomic mass is 31.2. The van der Waals surface area contributed by atoms with Gasteiger partial charge in [-0.05, 0) is 37.0 Å². The van der Waals surface area contributed by atoms with Crippen LogP contribution in [0.4, 0.5) is 0 Å². The van der Waals surface area contributed by atoms with Crippen LogP contribution >= 0.6 is 7.82 Å². The van der Waals surface area contributed by atoms with Crippen molar-refractivity contribution in [3.05, 3.63) is 0 Å². The monoisotopic (exact) mass is 612 g/mol. The van der Waals surface area contributed by atoms with Crippen LogP contribution in [0.3, 0.4) is 0 Å². The van der Waals surface area contributed by atoms with Gasteiger partial charge in [0.1, 0.15) is 18.3 Å². The highest BCUT2D eigenvalue weighted by Gasteiger charge is 2.38.